The van der Waals surface area contributed by atoms with Crippen molar-refractivity contribution in [1.29, 1.82) is 0 Å². The van der Waals surface area contributed by atoms with Gasteiger partial charge in [0.15, 0.2) is 5.17 Å². The fourth-order valence-electron chi connectivity index (χ4n) is 2.19. The lowest BCUT2D eigenvalue weighted by atomic mass is 10.2. The van der Waals surface area contributed by atoms with Crippen LogP contribution in [0.3, 0.4) is 0 Å². The molecule has 0 saturated carbocycles. The topological polar surface area (TPSA) is 80.1 Å². The summed E-state index contributed by atoms with van der Waals surface area (Å²) in [5.41, 5.74) is 0.942. The highest BCUT2D eigenvalue weighted by atomic mass is 32.2. The fraction of sp³-hybridized carbons (Fsp3) is 0.368. The number of benzene rings is 1. The van der Waals surface area contributed by atoms with E-state index in [9.17, 15) is 9.59 Å². The molecular formula is C19H23N3O3S2. The van der Waals surface area contributed by atoms with E-state index in [1.54, 1.807) is 6.21 Å². The number of methoxy groups -OCH3 is 1. The molecule has 1 heterocycles. The Bertz CT molecular complexity index is 760. The molecule has 0 atom stereocenters. The molecule has 0 bridgehead atoms. The number of nitrogens with one attached hydrogen (secondary N) is 1. The van der Waals surface area contributed by atoms with Gasteiger partial charge >= 0.3 is 5.97 Å². The van der Waals surface area contributed by atoms with Crippen molar-refractivity contribution in [2.45, 2.75) is 37.5 Å². The van der Waals surface area contributed by atoms with Crippen LogP contribution < -0.4 is 5.32 Å². The maximum atomic E-state index is 11.7. The zero-order valence-electron chi connectivity index (χ0n) is 15.4. The van der Waals surface area contributed by atoms with Gasteiger partial charge in [-0.2, -0.15) is 5.10 Å². The predicted molar refractivity (Wildman–Crippen MR) is 112 cm³/mol. The number of amides is 1. The van der Waals surface area contributed by atoms with Crippen molar-refractivity contribution in [3.63, 3.8) is 0 Å². The summed E-state index contributed by atoms with van der Waals surface area (Å²) in [5, 5.41) is 10.9. The van der Waals surface area contributed by atoms with E-state index in [2.05, 4.69) is 39.3 Å². The summed E-state index contributed by atoms with van der Waals surface area (Å²) in [5.74, 6) is 0.142. The van der Waals surface area contributed by atoms with Gasteiger partial charge in [0.05, 0.1) is 18.2 Å². The lowest BCUT2D eigenvalue weighted by Crippen LogP contribution is -2.19. The molecule has 8 heteroatoms. The van der Waals surface area contributed by atoms with E-state index in [1.165, 1.54) is 37.7 Å². The van der Waals surface area contributed by atoms with Crippen molar-refractivity contribution in [3.8, 4) is 0 Å². The van der Waals surface area contributed by atoms with Gasteiger partial charge in [0, 0.05) is 11.0 Å². The standard InChI is InChI=1S/C19H23N3O3S2/c1-3-4-5-6-10-26-15-9-7-8-14(11-15)13-20-22-19-21-18(24)16(27-19)12-17(23)25-2/h7-9,11-13H,3-6,10H2,1-2H3,(H,21,22,24)/b16-12+,20-13?. The molecule has 1 fully saturated rings. The number of rotatable bonds is 9. The smallest absolute Gasteiger partial charge is 0.331 e. The number of amidine groups is 1. The van der Waals surface area contributed by atoms with Gasteiger partial charge < -0.3 is 4.74 Å². The average Bonchev–Trinajstić information content (AvgIpc) is 3.01. The number of carbonyl (C=O) groups is 2. The quantitative estimate of drug-likeness (QED) is 0.168. The second-order valence-electron chi connectivity index (χ2n) is 5.72. The first kappa shape index (κ1) is 21.2. The minimum Gasteiger partial charge on any atom is -0.466 e. The van der Waals surface area contributed by atoms with Crippen LogP contribution in [-0.4, -0.2) is 36.1 Å². The molecule has 6 nitrogen and oxygen atoms in total. The Labute approximate surface area is 167 Å². The highest BCUT2D eigenvalue weighted by molar-refractivity contribution is 8.18. The van der Waals surface area contributed by atoms with E-state index in [0.717, 1.165) is 29.2 Å². The largest absolute Gasteiger partial charge is 0.466 e. The zero-order chi connectivity index (χ0) is 19.5. The summed E-state index contributed by atoms with van der Waals surface area (Å²) in [4.78, 5) is 24.4. The number of esters is 1. The molecule has 1 amide bonds. The average molecular weight is 406 g/mol. The van der Waals surface area contributed by atoms with Gasteiger partial charge in [0.2, 0.25) is 0 Å². The van der Waals surface area contributed by atoms with Gasteiger partial charge in [-0.15, -0.1) is 16.9 Å². The van der Waals surface area contributed by atoms with Gasteiger partial charge in [0.25, 0.3) is 5.91 Å². The van der Waals surface area contributed by atoms with E-state index >= 15 is 0 Å². The number of thioether (sulfide) groups is 2. The van der Waals surface area contributed by atoms with Gasteiger partial charge in [-0.05, 0) is 41.6 Å². The molecule has 0 unspecified atom stereocenters. The molecule has 1 N–H and O–H groups in total. The molecule has 0 aliphatic carbocycles. The van der Waals surface area contributed by atoms with E-state index < -0.39 is 5.97 Å². The number of hydrogen-bond acceptors (Lipinski definition) is 7. The van der Waals surface area contributed by atoms with Crippen molar-refractivity contribution in [2.24, 2.45) is 10.2 Å². The molecule has 1 aliphatic heterocycles. The number of ether oxygens (including phenoxy) is 1. The van der Waals surface area contributed by atoms with Crippen LogP contribution in [0.5, 0.6) is 0 Å². The molecule has 0 aromatic heterocycles. The fourth-order valence-corrected chi connectivity index (χ4v) is 3.91. The van der Waals surface area contributed by atoms with Gasteiger partial charge in [0.1, 0.15) is 0 Å². The van der Waals surface area contributed by atoms with Crippen molar-refractivity contribution in [1.82, 2.24) is 5.32 Å². The van der Waals surface area contributed by atoms with Crippen LogP contribution in [-0.2, 0) is 14.3 Å². The molecule has 2 rings (SSSR count). The molecule has 27 heavy (non-hydrogen) atoms. The van der Waals surface area contributed by atoms with Crippen LogP contribution in [0.4, 0.5) is 0 Å². The Balaban J connectivity index is 1.90. The minimum atomic E-state index is -0.582. The Kier molecular flexibility index (Phi) is 9.13. The SMILES string of the molecule is CCCCCCSc1cccc(C=N/N=C2/NC(=O)/C(=C\C(=O)OC)S2)c1. The van der Waals surface area contributed by atoms with Crippen LogP contribution in [0, 0.1) is 0 Å². The lowest BCUT2D eigenvalue weighted by molar-refractivity contribution is -0.135. The van der Waals surface area contributed by atoms with Crippen LogP contribution in [0.15, 0.2) is 50.3 Å². The molecule has 0 spiro atoms. The second kappa shape index (κ2) is 11.6. The van der Waals surface area contributed by atoms with Crippen LogP contribution >= 0.6 is 23.5 Å². The van der Waals surface area contributed by atoms with E-state index in [-0.39, 0.29) is 10.8 Å². The van der Waals surface area contributed by atoms with Crippen molar-refractivity contribution in [3.05, 3.63) is 40.8 Å². The normalized spacial score (nSPS) is 17.0. The highest BCUT2D eigenvalue weighted by Gasteiger charge is 2.24. The molecule has 1 saturated heterocycles. The lowest BCUT2D eigenvalue weighted by Gasteiger charge is -2.02. The summed E-state index contributed by atoms with van der Waals surface area (Å²) in [6, 6.07) is 8.10. The Morgan fingerprint density at radius 3 is 2.96 bits per heavy atom. The molecule has 0 radical (unpaired) electrons. The number of carbonyl (C=O) groups excluding carboxylic acids is 2. The summed E-state index contributed by atoms with van der Waals surface area (Å²) in [6.45, 7) is 2.21. The highest BCUT2D eigenvalue weighted by Crippen LogP contribution is 2.23. The minimum absolute atomic E-state index is 0.234. The number of unbranched alkanes of at least 4 members (excludes halogenated alkanes) is 3. The van der Waals surface area contributed by atoms with Gasteiger partial charge in [-0.3, -0.25) is 10.1 Å². The first-order valence-corrected chi connectivity index (χ1v) is 10.6. The zero-order valence-corrected chi connectivity index (χ0v) is 17.1. The molecular weight excluding hydrogens is 382 g/mol. The number of nitrogens with zero attached hydrogens (tertiary/aromatic N) is 2. The van der Waals surface area contributed by atoms with E-state index in [4.69, 9.17) is 0 Å². The van der Waals surface area contributed by atoms with Crippen molar-refractivity contribution >= 4 is 46.8 Å². The van der Waals surface area contributed by atoms with Crippen molar-refractivity contribution in [2.75, 3.05) is 12.9 Å². The first-order chi connectivity index (χ1) is 13.1. The molecule has 144 valence electrons. The third-order valence-corrected chi connectivity index (χ3v) is 5.56. The molecule has 1 aromatic rings. The summed E-state index contributed by atoms with van der Waals surface area (Å²) in [7, 11) is 1.26. The Hall–Kier alpha value is -2.06. The summed E-state index contributed by atoms with van der Waals surface area (Å²) >= 11 is 2.89. The van der Waals surface area contributed by atoms with Crippen LogP contribution in [0.2, 0.25) is 0 Å². The van der Waals surface area contributed by atoms with Gasteiger partial charge in [-0.1, -0.05) is 38.3 Å². The third kappa shape index (κ3) is 7.60. The number of hydrogen-bond donors (Lipinski definition) is 1. The van der Waals surface area contributed by atoms with Crippen LogP contribution in [0.25, 0.3) is 0 Å². The first-order valence-electron chi connectivity index (χ1n) is 8.75. The monoisotopic (exact) mass is 405 g/mol. The maximum Gasteiger partial charge on any atom is 0.331 e. The molecule has 1 aromatic carbocycles. The predicted octanol–water partition coefficient (Wildman–Crippen LogP) is 3.97. The second-order valence-corrected chi connectivity index (χ2v) is 7.92. The third-order valence-electron chi connectivity index (χ3n) is 3.58. The van der Waals surface area contributed by atoms with Crippen LogP contribution in [0.1, 0.15) is 38.2 Å². The Morgan fingerprint density at radius 2 is 2.19 bits per heavy atom. The van der Waals surface area contributed by atoms with Crippen molar-refractivity contribution < 1.29 is 14.3 Å². The Morgan fingerprint density at radius 1 is 1.33 bits per heavy atom. The summed E-state index contributed by atoms with van der Waals surface area (Å²) < 4.78 is 4.51. The maximum absolute atomic E-state index is 11.7. The van der Waals surface area contributed by atoms with E-state index in [0.29, 0.717) is 5.17 Å². The van der Waals surface area contributed by atoms with E-state index in [1.807, 2.05) is 23.9 Å². The molecule has 1 aliphatic rings. The van der Waals surface area contributed by atoms with Gasteiger partial charge in [-0.25, -0.2) is 4.79 Å². The summed E-state index contributed by atoms with van der Waals surface area (Å²) in [6.07, 6.45) is 7.81.